The predicted molar refractivity (Wildman–Crippen MR) is 149 cm³/mol. The first-order valence-corrected chi connectivity index (χ1v) is 13.9. The summed E-state index contributed by atoms with van der Waals surface area (Å²) in [6.07, 6.45) is 0. The molecule has 2 aromatic heterocycles. The second-order valence-electron chi connectivity index (χ2n) is 10.4. The van der Waals surface area contributed by atoms with Gasteiger partial charge in [-0.05, 0) is 66.1 Å². The van der Waals surface area contributed by atoms with E-state index in [1.807, 2.05) is 39.1 Å². The SMILES string of the molecule is CC(C)c1cc2c(=O)c3c4ccc(C#N)cc4[nH]c3n(C3CN(C)C3)c2cc1-c1cccc(OS(=O)(=O)F)c1. The second-order valence-corrected chi connectivity index (χ2v) is 11.4. The Balaban J connectivity index is 1.70. The maximum atomic E-state index is 14.1. The summed E-state index contributed by atoms with van der Waals surface area (Å²) < 4.78 is 42.1. The molecule has 0 spiro atoms. The fourth-order valence-corrected chi connectivity index (χ4v) is 6.00. The van der Waals surface area contributed by atoms with Crippen LogP contribution in [0.25, 0.3) is 44.0 Å². The van der Waals surface area contributed by atoms with E-state index >= 15 is 0 Å². The molecule has 8 nitrogen and oxygen atoms in total. The number of hydrogen-bond donors (Lipinski definition) is 1. The lowest BCUT2D eigenvalue weighted by atomic mass is 9.90. The molecule has 6 rings (SSSR count). The fourth-order valence-electron chi connectivity index (χ4n) is 5.67. The van der Waals surface area contributed by atoms with Crippen molar-refractivity contribution >= 4 is 43.3 Å². The lowest BCUT2D eigenvalue weighted by Crippen LogP contribution is -2.45. The van der Waals surface area contributed by atoms with Gasteiger partial charge in [0.25, 0.3) is 0 Å². The zero-order valence-corrected chi connectivity index (χ0v) is 22.3. The summed E-state index contributed by atoms with van der Waals surface area (Å²) in [5.74, 6) is -0.111. The highest BCUT2D eigenvalue weighted by atomic mass is 32.3. The molecule has 198 valence electrons. The molecular weight excluding hydrogens is 519 g/mol. The number of fused-ring (bicyclic) bond motifs is 4. The number of aromatic amines is 1. The number of likely N-dealkylation sites (tertiary alicyclic amines) is 1. The molecule has 1 saturated heterocycles. The van der Waals surface area contributed by atoms with Crippen LogP contribution in [0.2, 0.25) is 0 Å². The number of H-pyrrole nitrogens is 1. The highest BCUT2D eigenvalue weighted by Crippen LogP contribution is 2.38. The van der Waals surface area contributed by atoms with Gasteiger partial charge in [0.05, 0.1) is 28.6 Å². The second kappa shape index (κ2) is 8.93. The standard InChI is InChI=1S/C29H25FN4O4S/c1-16(2)22-11-24-26(12-23(22)18-5-4-6-20(10-18)38-39(30,36)37)34(19-14-33(3)15-19)29-27(28(24)35)21-8-7-17(13-31)9-25(21)32-29/h4-12,16,19,32H,14-15H2,1-3H3. The number of nitriles is 1. The van der Waals surface area contributed by atoms with E-state index in [9.17, 15) is 22.4 Å². The quantitative estimate of drug-likeness (QED) is 0.298. The normalized spacial score (nSPS) is 14.8. The van der Waals surface area contributed by atoms with E-state index in [0.717, 1.165) is 40.6 Å². The Morgan fingerprint density at radius 1 is 1.10 bits per heavy atom. The Labute approximate surface area is 224 Å². The molecule has 0 unspecified atom stereocenters. The maximum absolute atomic E-state index is 14.1. The van der Waals surface area contributed by atoms with Gasteiger partial charge in [-0.25, -0.2) is 0 Å². The zero-order valence-electron chi connectivity index (χ0n) is 21.5. The maximum Gasteiger partial charge on any atom is 0.488 e. The van der Waals surface area contributed by atoms with Crippen molar-refractivity contribution in [3.8, 4) is 22.9 Å². The van der Waals surface area contributed by atoms with E-state index in [-0.39, 0.29) is 23.1 Å². The Hall–Kier alpha value is -4.20. The van der Waals surface area contributed by atoms with E-state index in [4.69, 9.17) is 0 Å². The van der Waals surface area contributed by atoms with Gasteiger partial charge in [-0.2, -0.15) is 13.7 Å². The summed E-state index contributed by atoms with van der Waals surface area (Å²) in [7, 11) is -3.14. The van der Waals surface area contributed by atoms with E-state index in [1.54, 1.807) is 24.3 Å². The molecule has 0 saturated carbocycles. The molecular formula is C29H25FN4O4S. The molecule has 10 heteroatoms. The van der Waals surface area contributed by atoms with Crippen LogP contribution in [0.3, 0.4) is 0 Å². The summed E-state index contributed by atoms with van der Waals surface area (Å²) in [6.45, 7) is 5.63. The van der Waals surface area contributed by atoms with Crippen molar-refractivity contribution in [2.24, 2.45) is 0 Å². The third-order valence-electron chi connectivity index (χ3n) is 7.42. The van der Waals surface area contributed by atoms with Gasteiger partial charge < -0.3 is 18.6 Å². The lowest BCUT2D eigenvalue weighted by molar-refractivity contribution is 0.146. The largest absolute Gasteiger partial charge is 0.488 e. The molecule has 1 fully saturated rings. The molecule has 3 aromatic carbocycles. The number of likely N-dealkylation sites (N-methyl/N-ethyl adjacent to an activating group) is 1. The van der Waals surface area contributed by atoms with Crippen LogP contribution in [0.15, 0.2) is 59.4 Å². The first-order valence-electron chi connectivity index (χ1n) is 12.5. The topological polar surface area (TPSA) is 108 Å². The molecule has 1 aliphatic rings. The van der Waals surface area contributed by atoms with E-state index in [2.05, 4.69) is 24.7 Å². The molecule has 1 N–H and O–H groups in total. The third-order valence-corrected chi connectivity index (χ3v) is 7.81. The van der Waals surface area contributed by atoms with Crippen LogP contribution < -0.4 is 9.61 Å². The summed E-state index contributed by atoms with van der Waals surface area (Å²) in [5.41, 5.74) is 4.88. The van der Waals surface area contributed by atoms with E-state index < -0.39 is 10.5 Å². The Bertz CT molecular complexity index is 2020. The Morgan fingerprint density at radius 2 is 1.87 bits per heavy atom. The van der Waals surface area contributed by atoms with Gasteiger partial charge in [-0.15, -0.1) is 0 Å². The zero-order chi connectivity index (χ0) is 27.6. The average molecular weight is 545 g/mol. The van der Waals surface area contributed by atoms with Crippen LogP contribution in [0.1, 0.15) is 36.9 Å². The number of hydrogen-bond acceptors (Lipinski definition) is 6. The lowest BCUT2D eigenvalue weighted by Gasteiger charge is -2.39. The van der Waals surface area contributed by atoms with E-state index in [1.165, 1.54) is 12.1 Å². The Kier molecular flexibility index (Phi) is 5.75. The van der Waals surface area contributed by atoms with Crippen LogP contribution >= 0.6 is 0 Å². The summed E-state index contributed by atoms with van der Waals surface area (Å²) >= 11 is 0. The highest BCUT2D eigenvalue weighted by molar-refractivity contribution is 7.81. The minimum atomic E-state index is -5.18. The van der Waals surface area contributed by atoms with Crippen LogP contribution in [-0.2, 0) is 10.5 Å². The molecule has 0 radical (unpaired) electrons. The van der Waals surface area contributed by atoms with Crippen LogP contribution in [-0.4, -0.2) is 43.0 Å². The van der Waals surface area contributed by atoms with Crippen LogP contribution in [0.4, 0.5) is 3.89 Å². The van der Waals surface area contributed by atoms with Crippen molar-refractivity contribution in [3.63, 3.8) is 0 Å². The first kappa shape index (κ1) is 25.1. The molecule has 0 bridgehead atoms. The molecule has 5 aromatic rings. The summed E-state index contributed by atoms with van der Waals surface area (Å²) in [4.78, 5) is 19.7. The first-order chi connectivity index (χ1) is 18.5. The van der Waals surface area contributed by atoms with Crippen molar-refractivity contribution in [2.75, 3.05) is 20.1 Å². The van der Waals surface area contributed by atoms with Gasteiger partial charge in [-0.1, -0.05) is 35.9 Å². The molecule has 0 atom stereocenters. The third kappa shape index (κ3) is 4.24. The number of benzene rings is 3. The van der Waals surface area contributed by atoms with Gasteiger partial charge in [0.15, 0.2) is 5.43 Å². The monoisotopic (exact) mass is 544 g/mol. The molecule has 39 heavy (non-hydrogen) atoms. The molecule has 0 aliphatic carbocycles. The van der Waals surface area contributed by atoms with Crippen molar-refractivity contribution in [1.82, 2.24) is 14.5 Å². The molecule has 0 amide bonds. The van der Waals surface area contributed by atoms with Crippen molar-refractivity contribution in [1.29, 1.82) is 5.26 Å². The number of pyridine rings is 1. The average Bonchev–Trinajstić information content (AvgIpc) is 3.24. The summed E-state index contributed by atoms with van der Waals surface area (Å²) in [6, 6.07) is 17.7. The fraction of sp³-hybridized carbons (Fsp3) is 0.241. The highest BCUT2D eigenvalue weighted by Gasteiger charge is 2.30. The van der Waals surface area contributed by atoms with Crippen molar-refractivity contribution in [2.45, 2.75) is 25.8 Å². The van der Waals surface area contributed by atoms with Gasteiger partial charge in [-0.3, -0.25) is 4.79 Å². The number of halogens is 1. The smallest absolute Gasteiger partial charge is 0.358 e. The van der Waals surface area contributed by atoms with Gasteiger partial charge in [0.1, 0.15) is 11.4 Å². The van der Waals surface area contributed by atoms with Gasteiger partial charge >= 0.3 is 10.5 Å². The van der Waals surface area contributed by atoms with Crippen molar-refractivity contribution < 1.29 is 16.5 Å². The van der Waals surface area contributed by atoms with E-state index in [0.29, 0.717) is 27.5 Å². The number of nitrogens with zero attached hydrogens (tertiary/aromatic N) is 3. The Morgan fingerprint density at radius 3 is 2.54 bits per heavy atom. The molecule has 3 heterocycles. The van der Waals surface area contributed by atoms with Crippen LogP contribution in [0.5, 0.6) is 5.75 Å². The number of nitrogens with one attached hydrogen (secondary N) is 1. The minimum absolute atomic E-state index is 0.0263. The van der Waals surface area contributed by atoms with Gasteiger partial charge in [0, 0.05) is 29.4 Å². The van der Waals surface area contributed by atoms with Crippen molar-refractivity contribution in [3.05, 3.63) is 75.9 Å². The number of rotatable bonds is 5. The predicted octanol–water partition coefficient (Wildman–Crippen LogP) is 5.38. The van der Waals surface area contributed by atoms with Crippen LogP contribution in [0, 0.1) is 11.3 Å². The minimum Gasteiger partial charge on any atom is -0.358 e. The molecule has 1 aliphatic heterocycles. The summed E-state index contributed by atoms with van der Waals surface area (Å²) in [5, 5.41) is 11.3. The van der Waals surface area contributed by atoms with Gasteiger partial charge in [0.2, 0.25) is 0 Å². The number of aromatic nitrogens is 2.